The minimum atomic E-state index is -0.304. The molecule has 0 unspecified atom stereocenters. The number of benzene rings is 1. The standard InChI is InChI=1S/C19H29NO3/c1-14-11-20(13-19(5,6)23-14)17(21)12-22-16-9-7-15(8-10-16)18(2,3)4/h7-10,14H,11-13H2,1-6H3/t14-/m0/s1. The van der Waals surface area contributed by atoms with E-state index in [1.165, 1.54) is 5.56 Å². The lowest BCUT2D eigenvalue weighted by Gasteiger charge is -2.41. The topological polar surface area (TPSA) is 38.8 Å². The molecule has 0 bridgehead atoms. The maximum atomic E-state index is 12.4. The summed E-state index contributed by atoms with van der Waals surface area (Å²) in [6.07, 6.45) is 0.0498. The van der Waals surface area contributed by atoms with Crippen molar-refractivity contribution in [3.05, 3.63) is 29.8 Å². The summed E-state index contributed by atoms with van der Waals surface area (Å²) < 4.78 is 11.5. The summed E-state index contributed by atoms with van der Waals surface area (Å²) in [5.74, 6) is 0.736. The molecule has 2 rings (SSSR count). The third kappa shape index (κ3) is 4.96. The third-order valence-corrected chi connectivity index (χ3v) is 4.00. The Morgan fingerprint density at radius 1 is 1.30 bits per heavy atom. The first-order valence-corrected chi connectivity index (χ1v) is 8.26. The van der Waals surface area contributed by atoms with Crippen LogP contribution in [0.4, 0.5) is 0 Å². The van der Waals surface area contributed by atoms with Gasteiger partial charge in [0.15, 0.2) is 6.61 Å². The zero-order valence-electron chi connectivity index (χ0n) is 15.2. The van der Waals surface area contributed by atoms with Crippen LogP contribution < -0.4 is 4.74 Å². The van der Waals surface area contributed by atoms with Crippen LogP contribution >= 0.6 is 0 Å². The molecule has 1 aliphatic heterocycles. The van der Waals surface area contributed by atoms with Crippen molar-refractivity contribution >= 4 is 5.91 Å². The number of carbonyl (C=O) groups excluding carboxylic acids is 1. The van der Waals surface area contributed by atoms with Gasteiger partial charge in [-0.15, -0.1) is 0 Å². The first-order valence-electron chi connectivity index (χ1n) is 8.26. The van der Waals surface area contributed by atoms with Crippen molar-refractivity contribution in [2.24, 2.45) is 0 Å². The number of rotatable bonds is 3. The Balaban J connectivity index is 1.91. The summed E-state index contributed by atoms with van der Waals surface area (Å²) in [6.45, 7) is 13.8. The molecule has 1 aliphatic rings. The second-order valence-electron chi connectivity index (χ2n) is 8.03. The lowest BCUT2D eigenvalue weighted by molar-refractivity contribution is -0.159. The van der Waals surface area contributed by atoms with Crippen LogP contribution in [0.3, 0.4) is 0 Å². The minimum absolute atomic E-state index is 0.00752. The van der Waals surface area contributed by atoms with Crippen LogP contribution in [-0.4, -0.2) is 42.2 Å². The van der Waals surface area contributed by atoms with Crippen molar-refractivity contribution in [2.45, 2.75) is 58.7 Å². The number of amides is 1. The van der Waals surface area contributed by atoms with Gasteiger partial charge in [-0.2, -0.15) is 0 Å². The van der Waals surface area contributed by atoms with Gasteiger partial charge in [0.2, 0.25) is 0 Å². The van der Waals surface area contributed by atoms with Crippen molar-refractivity contribution < 1.29 is 14.3 Å². The molecule has 1 atom stereocenters. The first kappa shape index (κ1) is 17.8. The Hall–Kier alpha value is -1.55. The van der Waals surface area contributed by atoms with E-state index >= 15 is 0 Å². The number of hydrogen-bond donors (Lipinski definition) is 0. The van der Waals surface area contributed by atoms with Gasteiger partial charge in [0.1, 0.15) is 5.75 Å². The van der Waals surface area contributed by atoms with Crippen molar-refractivity contribution in [1.29, 1.82) is 0 Å². The highest BCUT2D eigenvalue weighted by Crippen LogP contribution is 2.24. The largest absolute Gasteiger partial charge is 0.484 e. The molecule has 4 heteroatoms. The molecule has 1 amide bonds. The summed E-state index contributed by atoms with van der Waals surface area (Å²) in [5.41, 5.74) is 1.06. The SMILES string of the molecule is C[C@H]1CN(C(=O)COc2ccc(C(C)(C)C)cc2)CC(C)(C)O1. The van der Waals surface area contributed by atoms with Crippen LogP contribution in [0.15, 0.2) is 24.3 Å². The van der Waals surface area contributed by atoms with Gasteiger partial charge in [-0.05, 0) is 43.9 Å². The quantitative estimate of drug-likeness (QED) is 0.857. The van der Waals surface area contributed by atoms with Crippen molar-refractivity contribution in [2.75, 3.05) is 19.7 Å². The van der Waals surface area contributed by atoms with E-state index in [1.807, 2.05) is 37.8 Å². The van der Waals surface area contributed by atoms with Gasteiger partial charge in [-0.3, -0.25) is 4.79 Å². The maximum Gasteiger partial charge on any atom is 0.260 e. The average Bonchev–Trinajstić information content (AvgIpc) is 2.42. The molecule has 0 aliphatic carbocycles. The number of nitrogens with zero attached hydrogens (tertiary/aromatic N) is 1. The summed E-state index contributed by atoms with van der Waals surface area (Å²) in [4.78, 5) is 14.2. The summed E-state index contributed by atoms with van der Waals surface area (Å²) in [7, 11) is 0. The first-order chi connectivity index (χ1) is 10.6. The Labute approximate surface area is 139 Å². The van der Waals surface area contributed by atoms with Gasteiger partial charge in [0, 0.05) is 13.1 Å². The fourth-order valence-electron chi connectivity index (χ4n) is 2.93. The molecule has 1 saturated heterocycles. The molecule has 1 fully saturated rings. The van der Waals surface area contributed by atoms with E-state index in [0.29, 0.717) is 13.1 Å². The van der Waals surface area contributed by atoms with Gasteiger partial charge < -0.3 is 14.4 Å². The number of carbonyl (C=O) groups is 1. The van der Waals surface area contributed by atoms with E-state index in [2.05, 4.69) is 32.9 Å². The molecule has 0 aromatic heterocycles. The van der Waals surface area contributed by atoms with Gasteiger partial charge in [-0.1, -0.05) is 32.9 Å². The lowest BCUT2D eigenvalue weighted by atomic mass is 9.87. The molecule has 0 radical (unpaired) electrons. The number of morpholine rings is 1. The summed E-state index contributed by atoms with van der Waals surface area (Å²) in [6, 6.07) is 7.97. The number of ether oxygens (including phenoxy) is 2. The molecule has 0 N–H and O–H groups in total. The molecule has 23 heavy (non-hydrogen) atoms. The normalized spacial score (nSPS) is 21.1. The second-order valence-corrected chi connectivity index (χ2v) is 8.03. The highest BCUT2D eigenvalue weighted by molar-refractivity contribution is 5.78. The fourth-order valence-corrected chi connectivity index (χ4v) is 2.93. The molecular formula is C19H29NO3. The molecule has 1 heterocycles. The zero-order chi connectivity index (χ0) is 17.3. The molecule has 0 saturated carbocycles. The van der Waals surface area contributed by atoms with Crippen LogP contribution in [0.2, 0.25) is 0 Å². The van der Waals surface area contributed by atoms with Crippen molar-refractivity contribution in [1.82, 2.24) is 4.90 Å². The van der Waals surface area contributed by atoms with Crippen molar-refractivity contribution in [3.63, 3.8) is 0 Å². The Bertz CT molecular complexity index is 543. The monoisotopic (exact) mass is 319 g/mol. The van der Waals surface area contributed by atoms with Crippen LogP contribution in [0.5, 0.6) is 5.75 Å². The van der Waals surface area contributed by atoms with Crippen LogP contribution in [0, 0.1) is 0 Å². The average molecular weight is 319 g/mol. The van der Waals surface area contributed by atoms with E-state index in [-0.39, 0.29) is 29.6 Å². The lowest BCUT2D eigenvalue weighted by Crippen LogP contribution is -2.54. The third-order valence-electron chi connectivity index (χ3n) is 4.00. The molecule has 1 aromatic carbocycles. The smallest absolute Gasteiger partial charge is 0.260 e. The van der Waals surface area contributed by atoms with Crippen molar-refractivity contribution in [3.8, 4) is 5.75 Å². The van der Waals surface area contributed by atoms with E-state index in [1.54, 1.807) is 0 Å². The minimum Gasteiger partial charge on any atom is -0.484 e. The van der Waals surface area contributed by atoms with Gasteiger partial charge in [0.25, 0.3) is 5.91 Å². The Kier molecular flexibility index (Phi) is 5.04. The predicted octanol–water partition coefficient (Wildman–Crippen LogP) is 3.39. The van der Waals surface area contributed by atoms with Gasteiger partial charge in [0.05, 0.1) is 11.7 Å². The Morgan fingerprint density at radius 3 is 2.43 bits per heavy atom. The summed E-state index contributed by atoms with van der Waals surface area (Å²) in [5, 5.41) is 0. The maximum absolute atomic E-state index is 12.4. The molecule has 0 spiro atoms. The summed E-state index contributed by atoms with van der Waals surface area (Å²) >= 11 is 0. The van der Waals surface area contributed by atoms with Crippen LogP contribution in [-0.2, 0) is 14.9 Å². The van der Waals surface area contributed by atoms with E-state index in [9.17, 15) is 4.79 Å². The fraction of sp³-hybridized carbons (Fsp3) is 0.632. The van der Waals surface area contributed by atoms with Crippen LogP contribution in [0.1, 0.15) is 47.1 Å². The highest BCUT2D eigenvalue weighted by Gasteiger charge is 2.33. The molecular weight excluding hydrogens is 290 g/mol. The highest BCUT2D eigenvalue weighted by atomic mass is 16.5. The van der Waals surface area contributed by atoms with Gasteiger partial charge >= 0.3 is 0 Å². The van der Waals surface area contributed by atoms with E-state index in [4.69, 9.17) is 9.47 Å². The van der Waals surface area contributed by atoms with Crippen LogP contribution in [0.25, 0.3) is 0 Å². The predicted molar refractivity (Wildman–Crippen MR) is 91.8 cm³/mol. The Morgan fingerprint density at radius 2 is 1.91 bits per heavy atom. The molecule has 128 valence electrons. The zero-order valence-corrected chi connectivity index (χ0v) is 15.2. The molecule has 1 aromatic rings. The molecule has 4 nitrogen and oxygen atoms in total. The second kappa shape index (κ2) is 6.52. The van der Waals surface area contributed by atoms with E-state index in [0.717, 1.165) is 5.75 Å². The van der Waals surface area contributed by atoms with E-state index < -0.39 is 0 Å². The number of hydrogen-bond acceptors (Lipinski definition) is 3. The van der Waals surface area contributed by atoms with Gasteiger partial charge in [-0.25, -0.2) is 0 Å².